The molecule has 0 bridgehead atoms. The first-order valence-electron chi connectivity index (χ1n) is 8.05. The molecule has 0 saturated heterocycles. The first-order valence-corrected chi connectivity index (χ1v) is 9.16. The molecule has 124 valence electrons. The summed E-state index contributed by atoms with van der Waals surface area (Å²) < 4.78 is 10.9. The van der Waals surface area contributed by atoms with Gasteiger partial charge in [-0.25, -0.2) is 4.79 Å². The molecule has 0 spiro atoms. The third-order valence-electron chi connectivity index (χ3n) is 3.59. The lowest BCUT2D eigenvalue weighted by Gasteiger charge is -2.18. The van der Waals surface area contributed by atoms with E-state index in [4.69, 9.17) is 9.16 Å². The molecular weight excluding hydrogens is 316 g/mol. The monoisotopic (exact) mass is 338 g/mol. The third kappa shape index (κ3) is 6.14. The number of carbonyl (C=O) groups excluding carboxylic acids is 1. The second-order valence-corrected chi connectivity index (χ2v) is 6.38. The maximum Gasteiger partial charge on any atom is 0.330 e. The minimum Gasteiger partial charge on any atom is -0.463 e. The number of ether oxygens (including phenoxy) is 1. The van der Waals surface area contributed by atoms with Crippen LogP contribution in [-0.4, -0.2) is 28.9 Å². The van der Waals surface area contributed by atoms with Gasteiger partial charge in [0, 0.05) is 18.6 Å². The maximum absolute atomic E-state index is 10.9. The highest BCUT2D eigenvalue weighted by molar-refractivity contribution is 6.27. The minimum absolute atomic E-state index is 0.235. The molecule has 0 amide bonds. The highest BCUT2D eigenvalue weighted by Gasteiger charge is 2.13. The van der Waals surface area contributed by atoms with Gasteiger partial charge in [0.1, 0.15) is 0 Å². The summed E-state index contributed by atoms with van der Waals surface area (Å²) in [5.74, 6) is -0.133. The Labute approximate surface area is 146 Å². The lowest BCUT2D eigenvalue weighted by atomic mass is 9.92. The quantitative estimate of drug-likeness (QED) is 0.284. The van der Waals surface area contributed by atoms with Gasteiger partial charge in [0.05, 0.1) is 6.61 Å². The van der Waals surface area contributed by atoms with E-state index in [0.717, 1.165) is 12.5 Å². The van der Waals surface area contributed by atoms with E-state index in [2.05, 4.69) is 55.1 Å². The Bertz CT molecular complexity index is 574. The molecule has 0 unspecified atom stereocenters. The SMILES string of the molecule is C=CC(=O)OCCC[Si]OCC(c1ccccc1)c1ccccc1. The Morgan fingerprint density at radius 2 is 1.62 bits per heavy atom. The van der Waals surface area contributed by atoms with Crippen molar-refractivity contribution in [3.8, 4) is 0 Å². The average molecular weight is 338 g/mol. The molecule has 0 fully saturated rings. The van der Waals surface area contributed by atoms with Gasteiger partial charge in [-0.2, -0.15) is 0 Å². The highest BCUT2D eigenvalue weighted by Crippen LogP contribution is 2.24. The van der Waals surface area contributed by atoms with E-state index in [0.29, 0.717) is 23.0 Å². The summed E-state index contributed by atoms with van der Waals surface area (Å²) in [4.78, 5) is 10.9. The molecule has 2 aromatic rings. The van der Waals surface area contributed by atoms with Crippen molar-refractivity contribution in [2.45, 2.75) is 18.4 Å². The lowest BCUT2D eigenvalue weighted by molar-refractivity contribution is -0.137. The second kappa shape index (κ2) is 10.6. The van der Waals surface area contributed by atoms with Crippen LogP contribution in [0.3, 0.4) is 0 Å². The molecule has 0 aromatic heterocycles. The summed E-state index contributed by atoms with van der Waals surface area (Å²) in [6.45, 7) is 4.44. The summed E-state index contributed by atoms with van der Waals surface area (Å²) >= 11 is 0. The van der Waals surface area contributed by atoms with Gasteiger partial charge in [-0.15, -0.1) is 0 Å². The molecule has 4 heteroatoms. The van der Waals surface area contributed by atoms with Crippen LogP contribution in [0.4, 0.5) is 0 Å². The van der Waals surface area contributed by atoms with E-state index in [9.17, 15) is 4.79 Å². The van der Waals surface area contributed by atoms with E-state index in [-0.39, 0.29) is 11.9 Å². The summed E-state index contributed by atoms with van der Waals surface area (Å²) in [5.41, 5.74) is 2.52. The van der Waals surface area contributed by atoms with Crippen molar-refractivity contribution in [2.24, 2.45) is 0 Å². The molecule has 3 nitrogen and oxygen atoms in total. The van der Waals surface area contributed by atoms with Gasteiger partial charge in [0.2, 0.25) is 9.76 Å². The van der Waals surface area contributed by atoms with E-state index in [1.54, 1.807) is 0 Å². The van der Waals surface area contributed by atoms with Gasteiger partial charge >= 0.3 is 5.97 Å². The zero-order valence-electron chi connectivity index (χ0n) is 13.7. The van der Waals surface area contributed by atoms with Gasteiger partial charge in [-0.05, 0) is 23.6 Å². The minimum atomic E-state index is -0.368. The first-order chi connectivity index (χ1) is 11.8. The van der Waals surface area contributed by atoms with Crippen LogP contribution in [0.2, 0.25) is 6.04 Å². The van der Waals surface area contributed by atoms with Crippen LogP contribution in [0.1, 0.15) is 23.5 Å². The fraction of sp³-hybridized carbons (Fsp3) is 0.250. The molecule has 0 aliphatic carbocycles. The zero-order valence-corrected chi connectivity index (χ0v) is 14.7. The molecule has 24 heavy (non-hydrogen) atoms. The van der Waals surface area contributed by atoms with E-state index < -0.39 is 0 Å². The van der Waals surface area contributed by atoms with Crippen molar-refractivity contribution >= 4 is 15.7 Å². The molecule has 0 N–H and O–H groups in total. The number of hydrogen-bond donors (Lipinski definition) is 0. The van der Waals surface area contributed by atoms with Gasteiger partial charge < -0.3 is 9.16 Å². The maximum atomic E-state index is 10.9. The highest BCUT2D eigenvalue weighted by atomic mass is 28.2. The Balaban J connectivity index is 1.80. The third-order valence-corrected chi connectivity index (χ3v) is 4.52. The van der Waals surface area contributed by atoms with Crippen LogP contribution < -0.4 is 0 Å². The fourth-order valence-corrected chi connectivity index (χ4v) is 3.06. The van der Waals surface area contributed by atoms with Crippen molar-refractivity contribution in [2.75, 3.05) is 13.2 Å². The van der Waals surface area contributed by atoms with Crippen LogP contribution in [0.15, 0.2) is 73.3 Å². The molecule has 0 atom stereocenters. The molecule has 2 aromatic carbocycles. The van der Waals surface area contributed by atoms with Crippen LogP contribution in [0.5, 0.6) is 0 Å². The molecule has 0 heterocycles. The molecule has 0 aliphatic heterocycles. The number of benzene rings is 2. The predicted molar refractivity (Wildman–Crippen MR) is 97.0 cm³/mol. The smallest absolute Gasteiger partial charge is 0.330 e. The molecule has 0 aliphatic rings. The number of hydrogen-bond acceptors (Lipinski definition) is 3. The summed E-state index contributed by atoms with van der Waals surface area (Å²) in [6.07, 6.45) is 1.99. The topological polar surface area (TPSA) is 35.5 Å². The van der Waals surface area contributed by atoms with Crippen molar-refractivity contribution in [1.29, 1.82) is 0 Å². The Morgan fingerprint density at radius 1 is 1.04 bits per heavy atom. The van der Waals surface area contributed by atoms with E-state index in [1.165, 1.54) is 17.2 Å². The van der Waals surface area contributed by atoms with E-state index in [1.807, 2.05) is 12.1 Å². The normalized spacial score (nSPS) is 10.5. The van der Waals surface area contributed by atoms with Crippen molar-refractivity contribution < 1.29 is 14.0 Å². The Kier molecular flexibility index (Phi) is 8.00. The molecule has 0 saturated carbocycles. The molecule has 2 rings (SSSR count). The molecular formula is C20H22O3Si. The summed E-state index contributed by atoms with van der Waals surface area (Å²) in [5, 5.41) is 0. The number of rotatable bonds is 10. The molecule has 2 radical (unpaired) electrons. The zero-order chi connectivity index (χ0) is 17.0. The standard InChI is InChI=1S/C20H22O3Si/c1-2-20(21)22-14-9-15-24-23-16-19(17-10-5-3-6-11-17)18-12-7-4-8-13-18/h2-8,10-13,19H,1,9,14-16H2. The van der Waals surface area contributed by atoms with Gasteiger partial charge in [-0.1, -0.05) is 67.2 Å². The van der Waals surface area contributed by atoms with Crippen LogP contribution in [0.25, 0.3) is 0 Å². The van der Waals surface area contributed by atoms with Crippen LogP contribution >= 0.6 is 0 Å². The number of esters is 1. The number of carbonyl (C=O) groups is 1. The average Bonchev–Trinajstić information content (AvgIpc) is 2.65. The van der Waals surface area contributed by atoms with Gasteiger partial charge in [0.15, 0.2) is 0 Å². The predicted octanol–water partition coefficient (Wildman–Crippen LogP) is 3.99. The fourth-order valence-electron chi connectivity index (χ4n) is 2.35. The van der Waals surface area contributed by atoms with Crippen molar-refractivity contribution in [1.82, 2.24) is 0 Å². The van der Waals surface area contributed by atoms with Gasteiger partial charge in [-0.3, -0.25) is 0 Å². The Hall–Kier alpha value is -2.17. The van der Waals surface area contributed by atoms with Crippen molar-refractivity contribution in [3.05, 3.63) is 84.4 Å². The van der Waals surface area contributed by atoms with Crippen LogP contribution in [0, 0.1) is 0 Å². The van der Waals surface area contributed by atoms with E-state index >= 15 is 0 Å². The first kappa shape index (κ1) is 18.2. The van der Waals surface area contributed by atoms with Gasteiger partial charge in [0.25, 0.3) is 0 Å². The Morgan fingerprint density at radius 3 is 2.17 bits per heavy atom. The summed E-state index contributed by atoms with van der Waals surface area (Å²) in [6, 6.07) is 21.7. The van der Waals surface area contributed by atoms with Crippen LogP contribution in [-0.2, 0) is 14.0 Å². The lowest BCUT2D eigenvalue weighted by Crippen LogP contribution is -2.12. The largest absolute Gasteiger partial charge is 0.463 e. The van der Waals surface area contributed by atoms with Crippen molar-refractivity contribution in [3.63, 3.8) is 0 Å². The second-order valence-electron chi connectivity index (χ2n) is 5.30. The summed E-state index contributed by atoms with van der Waals surface area (Å²) in [7, 11) is 0.402.